The van der Waals surface area contributed by atoms with Crippen molar-refractivity contribution in [1.82, 2.24) is 0 Å². The van der Waals surface area contributed by atoms with Gasteiger partial charge in [-0.3, -0.25) is 10.1 Å². The Labute approximate surface area is 125 Å². The molecule has 0 amide bonds. The molecule has 0 bridgehead atoms. The Balaban J connectivity index is 2.18. The first-order valence-electron chi connectivity index (χ1n) is 6.24. The molecule has 0 heterocycles. The van der Waals surface area contributed by atoms with Crippen molar-refractivity contribution in [3.8, 4) is 5.75 Å². The fraction of sp³-hybridized carbons (Fsp3) is 0.200. The Morgan fingerprint density at radius 2 is 2.00 bits per heavy atom. The molecular formula is C15H14BrNO3. The Bertz CT molecular complexity index is 628. The van der Waals surface area contributed by atoms with E-state index in [1.54, 1.807) is 12.1 Å². The van der Waals surface area contributed by atoms with Crippen LogP contribution in [0.25, 0.3) is 0 Å². The molecule has 0 radical (unpaired) electrons. The Hall–Kier alpha value is -1.88. The normalized spacial score (nSPS) is 10.3. The number of halogens is 1. The van der Waals surface area contributed by atoms with Crippen LogP contribution in [0.1, 0.15) is 18.1 Å². The minimum absolute atomic E-state index is 0.0133. The lowest BCUT2D eigenvalue weighted by molar-refractivity contribution is -0.386. The summed E-state index contributed by atoms with van der Waals surface area (Å²) in [5, 5.41) is 11.1. The number of hydrogen-bond donors (Lipinski definition) is 0. The van der Waals surface area contributed by atoms with E-state index in [1.807, 2.05) is 37.3 Å². The van der Waals surface area contributed by atoms with Crippen LogP contribution in [0.5, 0.6) is 5.75 Å². The zero-order chi connectivity index (χ0) is 14.5. The summed E-state index contributed by atoms with van der Waals surface area (Å²) in [5.41, 5.74) is 1.89. The standard InChI is InChI=1S/C15H14BrNO3/c1-2-11-6-7-15(14(9-11)17(18)19)20-10-12-4-3-5-13(16)8-12/h3-9H,2,10H2,1H3. The maximum absolute atomic E-state index is 11.1. The van der Waals surface area contributed by atoms with Gasteiger partial charge in [0.15, 0.2) is 5.75 Å². The van der Waals surface area contributed by atoms with Gasteiger partial charge >= 0.3 is 5.69 Å². The van der Waals surface area contributed by atoms with E-state index in [2.05, 4.69) is 15.9 Å². The van der Waals surface area contributed by atoms with Crippen molar-refractivity contribution in [2.45, 2.75) is 20.0 Å². The van der Waals surface area contributed by atoms with Crippen LogP contribution in [0, 0.1) is 10.1 Å². The molecule has 0 aliphatic heterocycles. The minimum Gasteiger partial charge on any atom is -0.482 e. The van der Waals surface area contributed by atoms with E-state index in [9.17, 15) is 10.1 Å². The quantitative estimate of drug-likeness (QED) is 0.597. The van der Waals surface area contributed by atoms with Crippen molar-refractivity contribution in [3.05, 3.63) is 68.2 Å². The summed E-state index contributed by atoms with van der Waals surface area (Å²) in [6.07, 6.45) is 0.757. The molecule has 20 heavy (non-hydrogen) atoms. The van der Waals surface area contributed by atoms with Gasteiger partial charge in [-0.05, 0) is 35.7 Å². The maximum Gasteiger partial charge on any atom is 0.311 e. The molecule has 104 valence electrons. The van der Waals surface area contributed by atoms with Crippen LogP contribution < -0.4 is 4.74 Å². The SMILES string of the molecule is CCc1ccc(OCc2cccc(Br)c2)c([N+](=O)[O-])c1. The van der Waals surface area contributed by atoms with E-state index >= 15 is 0 Å². The van der Waals surface area contributed by atoms with Gasteiger partial charge in [-0.15, -0.1) is 0 Å². The Morgan fingerprint density at radius 3 is 2.65 bits per heavy atom. The predicted molar refractivity (Wildman–Crippen MR) is 80.9 cm³/mol. The van der Waals surface area contributed by atoms with E-state index in [0.717, 1.165) is 22.0 Å². The summed E-state index contributed by atoms with van der Waals surface area (Å²) in [6, 6.07) is 12.7. The second kappa shape index (κ2) is 6.52. The zero-order valence-electron chi connectivity index (χ0n) is 11.0. The molecule has 2 rings (SSSR count). The van der Waals surface area contributed by atoms with Crippen LogP contribution in [-0.4, -0.2) is 4.92 Å². The molecule has 0 saturated carbocycles. The molecule has 0 atom stereocenters. The lowest BCUT2D eigenvalue weighted by Crippen LogP contribution is -2.00. The van der Waals surface area contributed by atoms with Crippen LogP contribution in [0.4, 0.5) is 5.69 Å². The highest BCUT2D eigenvalue weighted by molar-refractivity contribution is 9.10. The molecule has 0 aliphatic carbocycles. The van der Waals surface area contributed by atoms with Gasteiger partial charge in [0, 0.05) is 10.5 Å². The van der Waals surface area contributed by atoms with E-state index in [1.165, 1.54) is 0 Å². The van der Waals surface area contributed by atoms with Gasteiger partial charge in [-0.1, -0.05) is 41.1 Å². The fourth-order valence-electron chi connectivity index (χ4n) is 1.84. The van der Waals surface area contributed by atoms with Crippen LogP contribution in [-0.2, 0) is 13.0 Å². The smallest absolute Gasteiger partial charge is 0.311 e. The number of ether oxygens (including phenoxy) is 1. The van der Waals surface area contributed by atoms with E-state index in [0.29, 0.717) is 12.4 Å². The topological polar surface area (TPSA) is 52.4 Å². The summed E-state index contributed by atoms with van der Waals surface area (Å²) in [7, 11) is 0. The van der Waals surface area contributed by atoms with E-state index < -0.39 is 4.92 Å². The number of aryl methyl sites for hydroxylation is 1. The summed E-state index contributed by atoms with van der Waals surface area (Å²) < 4.78 is 6.53. The lowest BCUT2D eigenvalue weighted by atomic mass is 10.1. The molecular weight excluding hydrogens is 322 g/mol. The fourth-order valence-corrected chi connectivity index (χ4v) is 2.28. The van der Waals surface area contributed by atoms with Crippen molar-refractivity contribution in [2.24, 2.45) is 0 Å². The van der Waals surface area contributed by atoms with E-state index in [-0.39, 0.29) is 5.69 Å². The summed E-state index contributed by atoms with van der Waals surface area (Å²) in [5.74, 6) is 0.298. The van der Waals surface area contributed by atoms with Crippen molar-refractivity contribution in [3.63, 3.8) is 0 Å². The van der Waals surface area contributed by atoms with Crippen molar-refractivity contribution < 1.29 is 9.66 Å². The highest BCUT2D eigenvalue weighted by Crippen LogP contribution is 2.29. The molecule has 2 aromatic carbocycles. The van der Waals surface area contributed by atoms with Crippen LogP contribution >= 0.6 is 15.9 Å². The molecule has 0 aliphatic rings. The first-order valence-corrected chi connectivity index (χ1v) is 7.04. The number of nitro benzene ring substituents is 1. The van der Waals surface area contributed by atoms with Gasteiger partial charge in [0.05, 0.1) is 4.92 Å². The van der Waals surface area contributed by atoms with Crippen LogP contribution in [0.15, 0.2) is 46.9 Å². The molecule has 0 N–H and O–H groups in total. The largest absolute Gasteiger partial charge is 0.482 e. The minimum atomic E-state index is -0.407. The van der Waals surface area contributed by atoms with Gasteiger partial charge in [0.2, 0.25) is 0 Å². The summed E-state index contributed by atoms with van der Waals surface area (Å²) in [4.78, 5) is 10.7. The number of nitrogens with zero attached hydrogens (tertiary/aromatic N) is 1. The molecule has 4 nitrogen and oxygen atoms in total. The number of hydrogen-bond acceptors (Lipinski definition) is 3. The van der Waals surface area contributed by atoms with Crippen molar-refractivity contribution in [1.29, 1.82) is 0 Å². The van der Waals surface area contributed by atoms with Gasteiger partial charge in [0.25, 0.3) is 0 Å². The monoisotopic (exact) mass is 335 g/mol. The van der Waals surface area contributed by atoms with Gasteiger partial charge in [-0.2, -0.15) is 0 Å². The molecule has 0 saturated heterocycles. The maximum atomic E-state index is 11.1. The molecule has 5 heteroatoms. The molecule has 0 unspecified atom stereocenters. The average Bonchev–Trinajstić information content (AvgIpc) is 2.45. The Kier molecular flexibility index (Phi) is 4.74. The molecule has 2 aromatic rings. The third kappa shape index (κ3) is 3.57. The number of nitro groups is 1. The highest BCUT2D eigenvalue weighted by Gasteiger charge is 2.15. The molecule has 0 fully saturated rings. The molecule has 0 aromatic heterocycles. The summed E-state index contributed by atoms with van der Waals surface area (Å²) >= 11 is 3.38. The van der Waals surface area contributed by atoms with Crippen molar-refractivity contribution >= 4 is 21.6 Å². The summed E-state index contributed by atoms with van der Waals surface area (Å²) in [6.45, 7) is 2.26. The lowest BCUT2D eigenvalue weighted by Gasteiger charge is -2.08. The first kappa shape index (κ1) is 14.5. The highest BCUT2D eigenvalue weighted by atomic mass is 79.9. The third-order valence-electron chi connectivity index (χ3n) is 2.91. The van der Waals surface area contributed by atoms with Crippen molar-refractivity contribution in [2.75, 3.05) is 0 Å². The zero-order valence-corrected chi connectivity index (χ0v) is 12.6. The van der Waals surface area contributed by atoms with Crippen LogP contribution in [0.3, 0.4) is 0 Å². The van der Waals surface area contributed by atoms with Gasteiger partial charge in [-0.25, -0.2) is 0 Å². The second-order valence-corrected chi connectivity index (χ2v) is 5.25. The van der Waals surface area contributed by atoms with Gasteiger partial charge < -0.3 is 4.74 Å². The molecule has 0 spiro atoms. The third-order valence-corrected chi connectivity index (χ3v) is 3.40. The number of rotatable bonds is 5. The average molecular weight is 336 g/mol. The Morgan fingerprint density at radius 1 is 1.20 bits per heavy atom. The van der Waals surface area contributed by atoms with Crippen LogP contribution in [0.2, 0.25) is 0 Å². The first-order chi connectivity index (χ1) is 9.60. The van der Waals surface area contributed by atoms with Gasteiger partial charge in [0.1, 0.15) is 6.61 Å². The second-order valence-electron chi connectivity index (χ2n) is 4.33. The predicted octanol–water partition coefficient (Wildman–Crippen LogP) is 4.50. The van der Waals surface area contributed by atoms with E-state index in [4.69, 9.17) is 4.74 Å². The number of benzene rings is 2.